The first-order chi connectivity index (χ1) is 22.1. The predicted molar refractivity (Wildman–Crippen MR) is 196 cm³/mol. The van der Waals surface area contributed by atoms with Gasteiger partial charge in [-0.1, -0.05) is 163 Å². The number of hydrogen-bond donors (Lipinski definition) is 0. The highest BCUT2D eigenvalue weighted by molar-refractivity contribution is 7.63. The summed E-state index contributed by atoms with van der Waals surface area (Å²) in [6, 6.07) is 31.9. The van der Waals surface area contributed by atoms with Crippen molar-refractivity contribution in [3.8, 4) is 20.9 Å². The molecule has 0 aliphatic carbocycles. The highest BCUT2D eigenvalue weighted by atomic mass is 32.1. The van der Waals surface area contributed by atoms with E-state index >= 15 is 4.57 Å². The maximum absolute atomic E-state index is 15.1. The van der Waals surface area contributed by atoms with Crippen molar-refractivity contribution in [1.29, 1.82) is 0 Å². The van der Waals surface area contributed by atoms with E-state index in [-0.39, 0.29) is 0 Å². The summed E-state index contributed by atoms with van der Waals surface area (Å²) < 4.78 is 27.9. The lowest BCUT2D eigenvalue weighted by Crippen LogP contribution is -2.12. The third-order valence-electron chi connectivity index (χ3n) is 8.62. The summed E-state index contributed by atoms with van der Waals surface area (Å²) in [4.78, 5) is 2.06. The van der Waals surface area contributed by atoms with Gasteiger partial charge in [-0.3, -0.25) is 4.57 Å². The summed E-state index contributed by atoms with van der Waals surface area (Å²) in [6.45, 7) is 5.35. The van der Waals surface area contributed by atoms with E-state index in [1.165, 1.54) is 62.1 Å². The van der Waals surface area contributed by atoms with Crippen LogP contribution < -0.4 is 5.30 Å². The van der Waals surface area contributed by atoms with Crippen LogP contribution in [0.5, 0.6) is 0 Å². The van der Waals surface area contributed by atoms with E-state index in [0.717, 1.165) is 57.3 Å². The van der Waals surface area contributed by atoms with Crippen molar-refractivity contribution in [1.82, 2.24) is 0 Å². The quantitative estimate of drug-likeness (QED) is 0.0665. The molecule has 0 radical (unpaired) electrons. The van der Waals surface area contributed by atoms with Crippen LogP contribution in [0.3, 0.4) is 0 Å². The van der Waals surface area contributed by atoms with Crippen LogP contribution in [0.15, 0.2) is 91.0 Å². The smallest absolute Gasteiger partial charge is 0.305 e. The van der Waals surface area contributed by atoms with Crippen molar-refractivity contribution in [2.45, 2.75) is 90.9 Å². The van der Waals surface area contributed by atoms with Gasteiger partial charge in [0.25, 0.3) is 0 Å². The van der Waals surface area contributed by atoms with Gasteiger partial charge in [-0.25, -0.2) is 0 Å². The fourth-order valence-corrected chi connectivity index (χ4v) is 9.53. The van der Waals surface area contributed by atoms with Crippen molar-refractivity contribution in [3.63, 3.8) is 0 Å². The molecule has 5 heteroatoms. The van der Waals surface area contributed by atoms with Gasteiger partial charge in [0.15, 0.2) is 0 Å². The number of hydrogen-bond acceptors (Lipinski definition) is 4. The molecule has 0 amide bonds. The molecular weight excluding hydrogens is 591 g/mol. The summed E-state index contributed by atoms with van der Waals surface area (Å²) in [6.07, 6.45) is 13.8. The van der Waals surface area contributed by atoms with Crippen LogP contribution in [0.1, 0.15) is 90.9 Å². The number of unbranched alkanes of at least 4 members (excludes halogenated alkanes) is 10. The minimum Gasteiger partial charge on any atom is -0.305 e. The topological polar surface area (TPSA) is 35.5 Å². The summed E-state index contributed by atoms with van der Waals surface area (Å²) in [5.41, 5.74) is 2.22. The highest BCUT2D eigenvalue weighted by Gasteiger charge is 2.34. The maximum Gasteiger partial charge on any atom is 0.362 e. The minimum atomic E-state index is -3.63. The largest absolute Gasteiger partial charge is 0.362 e. The third-order valence-corrected chi connectivity index (χ3v) is 12.0. The monoisotopic (exact) mass is 640 g/mol. The number of fused-ring (bicyclic) bond motifs is 2. The van der Waals surface area contributed by atoms with Crippen LogP contribution >= 0.6 is 18.9 Å². The Bertz CT molecular complexity index is 1660. The van der Waals surface area contributed by atoms with E-state index in [2.05, 4.69) is 105 Å². The molecule has 0 spiro atoms. The Hall–Kier alpha value is -2.75. The van der Waals surface area contributed by atoms with Gasteiger partial charge < -0.3 is 9.05 Å². The molecule has 0 aliphatic heterocycles. The first kappa shape index (κ1) is 33.6. The van der Waals surface area contributed by atoms with Gasteiger partial charge in [0, 0.05) is 10.4 Å². The number of benzene rings is 4. The van der Waals surface area contributed by atoms with Gasteiger partial charge >= 0.3 is 7.60 Å². The van der Waals surface area contributed by atoms with Gasteiger partial charge in [0.1, 0.15) is 0 Å². The molecule has 1 aromatic heterocycles. The van der Waals surface area contributed by atoms with Gasteiger partial charge in [0.2, 0.25) is 0 Å². The molecule has 0 bridgehead atoms. The standard InChI is InChI=1S/C40H49O3PS/c1-3-5-7-9-11-17-29-42-44(41,43-30-18-12-10-8-6-4-2)38-31-39(36-27-19-23-32-21-13-15-25-34(32)36)45-40(38)37-28-20-24-33-22-14-16-26-35(33)37/h13-16,19-28,31H,3-12,17-18,29-30H2,1-2H3. The molecule has 45 heavy (non-hydrogen) atoms. The molecule has 0 unspecified atom stereocenters. The van der Waals surface area contributed by atoms with E-state index < -0.39 is 7.60 Å². The Morgan fingerprint density at radius 2 is 1.02 bits per heavy atom. The van der Waals surface area contributed by atoms with Gasteiger partial charge in [0.05, 0.1) is 23.4 Å². The van der Waals surface area contributed by atoms with Crippen LogP contribution in [0.2, 0.25) is 0 Å². The Kier molecular flexibility index (Phi) is 12.9. The van der Waals surface area contributed by atoms with E-state index in [1.807, 2.05) is 0 Å². The molecule has 0 N–H and O–H groups in total. The number of rotatable bonds is 19. The summed E-state index contributed by atoms with van der Waals surface area (Å²) in [7, 11) is -3.63. The highest BCUT2D eigenvalue weighted by Crippen LogP contribution is 2.53. The first-order valence-corrected chi connectivity index (χ1v) is 19.5. The van der Waals surface area contributed by atoms with Crippen LogP contribution in [0.4, 0.5) is 0 Å². The lowest BCUT2D eigenvalue weighted by Gasteiger charge is -2.20. The first-order valence-electron chi connectivity index (χ1n) is 17.1. The molecule has 0 atom stereocenters. The molecule has 5 rings (SSSR count). The summed E-state index contributed by atoms with van der Waals surface area (Å²) >= 11 is 1.70. The second-order valence-corrected chi connectivity index (χ2v) is 15.1. The summed E-state index contributed by atoms with van der Waals surface area (Å²) in [5.74, 6) is 0. The molecule has 4 aromatic carbocycles. The van der Waals surface area contributed by atoms with E-state index in [4.69, 9.17) is 9.05 Å². The normalized spacial score (nSPS) is 12.0. The fraction of sp³-hybridized carbons (Fsp3) is 0.400. The molecule has 3 nitrogen and oxygen atoms in total. The second-order valence-electron chi connectivity index (χ2n) is 12.1. The van der Waals surface area contributed by atoms with Crippen molar-refractivity contribution in [2.24, 2.45) is 0 Å². The third kappa shape index (κ3) is 8.74. The van der Waals surface area contributed by atoms with Crippen molar-refractivity contribution < 1.29 is 13.6 Å². The Labute approximate surface area is 274 Å². The van der Waals surface area contributed by atoms with Crippen LogP contribution in [0.25, 0.3) is 42.4 Å². The molecule has 5 aromatic rings. The summed E-state index contributed by atoms with van der Waals surface area (Å²) in [5, 5.41) is 5.39. The van der Waals surface area contributed by atoms with Gasteiger partial charge in [-0.15, -0.1) is 11.3 Å². The zero-order valence-electron chi connectivity index (χ0n) is 27.1. The molecule has 1 heterocycles. The van der Waals surface area contributed by atoms with Gasteiger partial charge in [-0.2, -0.15) is 0 Å². The zero-order valence-corrected chi connectivity index (χ0v) is 28.9. The lowest BCUT2D eigenvalue weighted by atomic mass is 10.0. The zero-order chi connectivity index (χ0) is 31.3. The Morgan fingerprint density at radius 3 is 1.60 bits per heavy atom. The number of thiophene rings is 1. The molecule has 0 saturated heterocycles. The van der Waals surface area contributed by atoms with E-state index in [9.17, 15) is 0 Å². The molecule has 0 fully saturated rings. The molecule has 238 valence electrons. The lowest BCUT2D eigenvalue weighted by molar-refractivity contribution is 0.206. The maximum atomic E-state index is 15.1. The van der Waals surface area contributed by atoms with Crippen molar-refractivity contribution in [3.05, 3.63) is 91.0 Å². The van der Waals surface area contributed by atoms with Crippen LogP contribution in [0, 0.1) is 0 Å². The average Bonchev–Trinajstić information content (AvgIpc) is 3.53. The van der Waals surface area contributed by atoms with E-state index in [0.29, 0.717) is 18.5 Å². The predicted octanol–water partition coefficient (Wildman–Crippen LogP) is 13.0. The average molecular weight is 641 g/mol. The molecule has 0 saturated carbocycles. The Balaban J connectivity index is 1.53. The van der Waals surface area contributed by atoms with Gasteiger partial charge in [-0.05, 0) is 46.0 Å². The SMILES string of the molecule is CCCCCCCCOP(=O)(OCCCCCCCC)c1cc(-c2cccc3ccccc23)sc1-c1cccc2ccccc12. The van der Waals surface area contributed by atoms with Crippen LogP contribution in [-0.2, 0) is 13.6 Å². The second kappa shape index (κ2) is 17.2. The fourth-order valence-electron chi connectivity index (χ4n) is 6.08. The molecule has 0 aliphatic rings. The Morgan fingerprint density at radius 1 is 0.556 bits per heavy atom. The van der Waals surface area contributed by atoms with Crippen molar-refractivity contribution >= 4 is 45.8 Å². The molecular formula is C40H49O3PS. The van der Waals surface area contributed by atoms with Crippen molar-refractivity contribution in [2.75, 3.05) is 13.2 Å². The minimum absolute atomic E-state index is 0.439. The van der Waals surface area contributed by atoms with Crippen LogP contribution in [-0.4, -0.2) is 13.2 Å². The van der Waals surface area contributed by atoms with E-state index in [1.54, 1.807) is 11.3 Å².